The van der Waals surface area contributed by atoms with Gasteiger partial charge in [-0.15, -0.1) is 0 Å². The van der Waals surface area contributed by atoms with E-state index in [9.17, 15) is 0 Å². The Bertz CT molecular complexity index is 165. The van der Waals surface area contributed by atoms with Crippen LogP contribution in [0.2, 0.25) is 0 Å². The summed E-state index contributed by atoms with van der Waals surface area (Å²) in [4.78, 5) is 0. The Morgan fingerprint density at radius 1 is 1.56 bits per heavy atom. The van der Waals surface area contributed by atoms with E-state index >= 15 is 0 Å². The lowest BCUT2D eigenvalue weighted by molar-refractivity contribution is 0.672. The fraction of sp³-hybridized carbons (Fsp3) is 0.556. The van der Waals surface area contributed by atoms with Crippen molar-refractivity contribution in [3.63, 3.8) is 0 Å². The van der Waals surface area contributed by atoms with Gasteiger partial charge >= 0.3 is 0 Å². The Morgan fingerprint density at radius 3 is 2.78 bits per heavy atom. The van der Waals surface area contributed by atoms with E-state index in [2.05, 4.69) is 12.7 Å². The van der Waals surface area contributed by atoms with Crippen LogP contribution in [0.5, 0.6) is 0 Å². The monoisotopic (exact) mass is 120 g/mol. The highest BCUT2D eigenvalue weighted by molar-refractivity contribution is 5.28. The van der Waals surface area contributed by atoms with Crippen LogP contribution in [0.15, 0.2) is 24.3 Å². The number of hydrogen-bond donors (Lipinski definition) is 0. The average Bonchev–Trinajstić information content (AvgIpc) is 2.45. The van der Waals surface area contributed by atoms with Crippen LogP contribution in [0.4, 0.5) is 0 Å². The van der Waals surface area contributed by atoms with Crippen LogP contribution in [-0.2, 0) is 0 Å². The van der Waals surface area contributed by atoms with Crippen molar-refractivity contribution < 1.29 is 0 Å². The number of fused-ring (bicyclic) bond motifs is 2. The second-order valence-corrected chi connectivity index (χ2v) is 3.14. The van der Waals surface area contributed by atoms with E-state index in [0.717, 1.165) is 11.8 Å². The molecule has 0 aromatic heterocycles. The first kappa shape index (κ1) is 5.28. The summed E-state index contributed by atoms with van der Waals surface area (Å²) in [7, 11) is 0. The summed E-state index contributed by atoms with van der Waals surface area (Å²) < 4.78 is 0. The van der Waals surface area contributed by atoms with Crippen LogP contribution in [0.3, 0.4) is 0 Å². The molecule has 9 heavy (non-hydrogen) atoms. The molecule has 0 aromatic carbocycles. The van der Waals surface area contributed by atoms with Crippen molar-refractivity contribution in [2.75, 3.05) is 0 Å². The second-order valence-electron chi connectivity index (χ2n) is 3.14. The Kier molecular flexibility index (Phi) is 1.01. The van der Waals surface area contributed by atoms with Crippen LogP contribution in [0, 0.1) is 11.8 Å². The topological polar surface area (TPSA) is 0 Å². The molecule has 0 nitrogen and oxygen atoms in total. The normalized spacial score (nSPS) is 38.9. The Balaban J connectivity index is 2.26. The van der Waals surface area contributed by atoms with Gasteiger partial charge < -0.3 is 0 Å². The second kappa shape index (κ2) is 1.73. The number of rotatable bonds is 1. The minimum Gasteiger partial charge on any atom is -0.0988 e. The first-order valence-electron chi connectivity index (χ1n) is 3.74. The maximum Gasteiger partial charge on any atom is -0.0159 e. The molecule has 1 fully saturated rings. The van der Waals surface area contributed by atoms with E-state index < -0.39 is 0 Å². The van der Waals surface area contributed by atoms with Crippen LogP contribution < -0.4 is 0 Å². The smallest absolute Gasteiger partial charge is 0.0159 e. The van der Waals surface area contributed by atoms with Gasteiger partial charge in [-0.05, 0) is 36.7 Å². The quantitative estimate of drug-likeness (QED) is 0.499. The number of hydrogen-bond acceptors (Lipinski definition) is 0. The molecule has 0 aliphatic heterocycles. The molecule has 2 atom stereocenters. The highest BCUT2D eigenvalue weighted by atomic mass is 14.4. The lowest BCUT2D eigenvalue weighted by Crippen LogP contribution is -1.92. The first-order chi connectivity index (χ1) is 4.40. The highest BCUT2D eigenvalue weighted by Crippen LogP contribution is 2.43. The van der Waals surface area contributed by atoms with Gasteiger partial charge in [-0.2, -0.15) is 0 Å². The van der Waals surface area contributed by atoms with Crippen LogP contribution >= 0.6 is 0 Å². The van der Waals surface area contributed by atoms with Crippen molar-refractivity contribution in [3.05, 3.63) is 24.3 Å². The van der Waals surface area contributed by atoms with Crippen molar-refractivity contribution in [3.8, 4) is 0 Å². The molecule has 0 heterocycles. The van der Waals surface area contributed by atoms with E-state index in [1.165, 1.54) is 24.8 Å². The lowest BCUT2D eigenvalue weighted by Gasteiger charge is -2.06. The SMILES string of the molecule is C=CC1=CC2CCC1C2. The van der Waals surface area contributed by atoms with E-state index in [1.54, 1.807) is 0 Å². The maximum atomic E-state index is 3.79. The standard InChI is InChI=1S/C9H12/c1-2-8-5-7-3-4-9(8)6-7/h2,5,7,9H,1,3-4,6H2. The molecule has 0 amide bonds. The van der Waals surface area contributed by atoms with Gasteiger partial charge in [0.25, 0.3) is 0 Å². The number of allylic oxidation sites excluding steroid dienone is 3. The molecule has 0 N–H and O–H groups in total. The molecule has 2 aliphatic carbocycles. The van der Waals surface area contributed by atoms with Crippen molar-refractivity contribution in [2.24, 2.45) is 11.8 Å². The molecule has 1 saturated carbocycles. The molecule has 0 saturated heterocycles. The Morgan fingerprint density at radius 2 is 2.44 bits per heavy atom. The molecule has 0 radical (unpaired) electrons. The molecular weight excluding hydrogens is 108 g/mol. The molecule has 2 unspecified atom stereocenters. The summed E-state index contributed by atoms with van der Waals surface area (Å²) in [6.07, 6.45) is 8.71. The third-order valence-corrected chi connectivity index (χ3v) is 2.61. The van der Waals surface area contributed by atoms with Gasteiger partial charge in [0, 0.05) is 0 Å². The minimum absolute atomic E-state index is 0.896. The van der Waals surface area contributed by atoms with Gasteiger partial charge in [0.2, 0.25) is 0 Å². The summed E-state index contributed by atoms with van der Waals surface area (Å²) in [5.41, 5.74) is 1.52. The molecule has 2 rings (SSSR count). The molecule has 0 heteroatoms. The third kappa shape index (κ3) is 0.658. The van der Waals surface area contributed by atoms with Gasteiger partial charge in [-0.3, -0.25) is 0 Å². The lowest BCUT2D eigenvalue weighted by atomic mass is 9.99. The largest absolute Gasteiger partial charge is 0.0988 e. The summed E-state index contributed by atoms with van der Waals surface area (Å²) in [5, 5.41) is 0. The van der Waals surface area contributed by atoms with Gasteiger partial charge in [0.05, 0.1) is 0 Å². The summed E-state index contributed by atoms with van der Waals surface area (Å²) >= 11 is 0. The zero-order valence-electron chi connectivity index (χ0n) is 5.64. The summed E-state index contributed by atoms with van der Waals surface area (Å²) in [5.74, 6) is 1.82. The predicted octanol–water partition coefficient (Wildman–Crippen LogP) is 2.53. The van der Waals surface area contributed by atoms with Crippen molar-refractivity contribution in [2.45, 2.75) is 19.3 Å². The van der Waals surface area contributed by atoms with E-state index in [-0.39, 0.29) is 0 Å². The summed E-state index contributed by atoms with van der Waals surface area (Å²) in [6.45, 7) is 3.79. The Labute approximate surface area is 56.3 Å². The van der Waals surface area contributed by atoms with Crippen LogP contribution in [0.1, 0.15) is 19.3 Å². The highest BCUT2D eigenvalue weighted by Gasteiger charge is 2.30. The van der Waals surface area contributed by atoms with Gasteiger partial charge in [-0.1, -0.05) is 18.7 Å². The van der Waals surface area contributed by atoms with E-state index in [0.29, 0.717) is 0 Å². The van der Waals surface area contributed by atoms with Crippen LogP contribution in [0.25, 0.3) is 0 Å². The molecule has 2 bridgehead atoms. The van der Waals surface area contributed by atoms with E-state index in [4.69, 9.17) is 0 Å². The predicted molar refractivity (Wildman–Crippen MR) is 39.1 cm³/mol. The average molecular weight is 120 g/mol. The van der Waals surface area contributed by atoms with E-state index in [1.807, 2.05) is 6.08 Å². The van der Waals surface area contributed by atoms with Crippen LogP contribution in [-0.4, -0.2) is 0 Å². The molecular formula is C9H12. The van der Waals surface area contributed by atoms with Gasteiger partial charge in [0.15, 0.2) is 0 Å². The molecule has 0 aromatic rings. The summed E-state index contributed by atoms with van der Waals surface area (Å²) in [6, 6.07) is 0. The van der Waals surface area contributed by atoms with Crippen molar-refractivity contribution in [1.82, 2.24) is 0 Å². The van der Waals surface area contributed by atoms with Crippen molar-refractivity contribution in [1.29, 1.82) is 0 Å². The zero-order chi connectivity index (χ0) is 6.27. The van der Waals surface area contributed by atoms with Crippen molar-refractivity contribution >= 4 is 0 Å². The molecule has 0 spiro atoms. The molecule has 48 valence electrons. The Hall–Kier alpha value is -0.520. The fourth-order valence-corrected chi connectivity index (χ4v) is 2.11. The first-order valence-corrected chi connectivity index (χ1v) is 3.74. The third-order valence-electron chi connectivity index (χ3n) is 2.61. The zero-order valence-corrected chi connectivity index (χ0v) is 5.64. The maximum absolute atomic E-state index is 3.79. The molecule has 2 aliphatic rings. The van der Waals surface area contributed by atoms with Gasteiger partial charge in [-0.25, -0.2) is 0 Å². The fourth-order valence-electron chi connectivity index (χ4n) is 2.11. The van der Waals surface area contributed by atoms with Gasteiger partial charge in [0.1, 0.15) is 0 Å². The minimum atomic E-state index is 0.896.